The largest absolute Gasteiger partial charge is 0.478 e. The normalized spacial score (nSPS) is 9.79. The zero-order valence-corrected chi connectivity index (χ0v) is 8.80. The van der Waals surface area contributed by atoms with Crippen LogP contribution in [0.15, 0.2) is 41.3 Å². The average molecular weight is 208 g/mol. The van der Waals surface area contributed by atoms with E-state index in [9.17, 15) is 4.79 Å². The highest BCUT2D eigenvalue weighted by molar-refractivity contribution is 7.99. The Balaban J connectivity index is 2.54. The van der Waals surface area contributed by atoms with Gasteiger partial charge in [0.25, 0.3) is 0 Å². The molecule has 0 radical (unpaired) electrons. The summed E-state index contributed by atoms with van der Waals surface area (Å²) in [5.74, 6) is -0.496. The fourth-order valence-corrected chi connectivity index (χ4v) is 1.85. The highest BCUT2D eigenvalue weighted by Gasteiger charge is 2.04. The van der Waals surface area contributed by atoms with Crippen molar-refractivity contribution < 1.29 is 9.90 Å². The molecule has 14 heavy (non-hydrogen) atoms. The summed E-state index contributed by atoms with van der Waals surface area (Å²) >= 11 is 1.49. The van der Waals surface area contributed by atoms with Crippen molar-refractivity contribution in [1.29, 1.82) is 0 Å². The van der Waals surface area contributed by atoms with Gasteiger partial charge in [-0.25, -0.2) is 4.79 Å². The lowest BCUT2D eigenvalue weighted by molar-refractivity contribution is -0.132. The second-order valence-electron chi connectivity index (χ2n) is 3.01. The van der Waals surface area contributed by atoms with E-state index in [2.05, 4.69) is 6.58 Å². The van der Waals surface area contributed by atoms with Crippen molar-refractivity contribution >= 4 is 17.7 Å². The van der Waals surface area contributed by atoms with Crippen molar-refractivity contribution in [3.05, 3.63) is 42.0 Å². The highest BCUT2D eigenvalue weighted by atomic mass is 32.2. The quantitative estimate of drug-likeness (QED) is 0.610. The van der Waals surface area contributed by atoms with Crippen LogP contribution in [0.1, 0.15) is 5.56 Å². The maximum Gasteiger partial charge on any atom is 0.331 e. The lowest BCUT2D eigenvalue weighted by Gasteiger charge is -2.02. The summed E-state index contributed by atoms with van der Waals surface area (Å²) in [4.78, 5) is 11.6. The van der Waals surface area contributed by atoms with Crippen molar-refractivity contribution in [3.8, 4) is 0 Å². The molecule has 0 heterocycles. The van der Waals surface area contributed by atoms with Gasteiger partial charge in [0, 0.05) is 16.2 Å². The van der Waals surface area contributed by atoms with E-state index in [0.29, 0.717) is 5.75 Å². The minimum atomic E-state index is -0.926. The Kier molecular flexibility index (Phi) is 3.77. The molecule has 0 aliphatic heterocycles. The lowest BCUT2D eigenvalue weighted by Crippen LogP contribution is -2.00. The molecule has 0 spiro atoms. The van der Waals surface area contributed by atoms with Gasteiger partial charge >= 0.3 is 5.97 Å². The Morgan fingerprint density at radius 3 is 2.86 bits per heavy atom. The predicted octanol–water partition coefficient (Wildman–Crippen LogP) is 2.73. The van der Waals surface area contributed by atoms with Crippen LogP contribution in [0.25, 0.3) is 0 Å². The molecule has 0 fully saturated rings. The van der Waals surface area contributed by atoms with Crippen LogP contribution >= 0.6 is 11.8 Å². The number of thioether (sulfide) groups is 1. The van der Waals surface area contributed by atoms with Crippen LogP contribution in [0.5, 0.6) is 0 Å². The van der Waals surface area contributed by atoms with E-state index in [1.807, 2.05) is 31.2 Å². The molecule has 1 aromatic carbocycles. The van der Waals surface area contributed by atoms with E-state index in [1.54, 1.807) is 0 Å². The van der Waals surface area contributed by atoms with Gasteiger partial charge in [-0.3, -0.25) is 0 Å². The second-order valence-corrected chi connectivity index (χ2v) is 4.06. The molecule has 3 heteroatoms. The average Bonchev–Trinajstić information content (AvgIpc) is 2.14. The van der Waals surface area contributed by atoms with Crippen LogP contribution in [0.4, 0.5) is 0 Å². The SMILES string of the molecule is C=C(CSc1cccc(C)c1)C(=O)O. The van der Waals surface area contributed by atoms with Crippen molar-refractivity contribution in [1.82, 2.24) is 0 Å². The van der Waals surface area contributed by atoms with Crippen molar-refractivity contribution in [2.45, 2.75) is 11.8 Å². The van der Waals surface area contributed by atoms with Crippen molar-refractivity contribution in [2.75, 3.05) is 5.75 Å². The Morgan fingerprint density at radius 1 is 1.57 bits per heavy atom. The summed E-state index contributed by atoms with van der Waals surface area (Å²) in [6, 6.07) is 7.96. The molecule has 74 valence electrons. The fourth-order valence-electron chi connectivity index (χ4n) is 0.937. The van der Waals surface area contributed by atoms with Gasteiger partial charge in [-0.05, 0) is 19.1 Å². The van der Waals surface area contributed by atoms with Crippen LogP contribution in [-0.2, 0) is 4.79 Å². The molecule has 0 aliphatic carbocycles. The number of rotatable bonds is 4. The smallest absolute Gasteiger partial charge is 0.331 e. The monoisotopic (exact) mass is 208 g/mol. The number of carbonyl (C=O) groups is 1. The number of hydrogen-bond donors (Lipinski definition) is 1. The van der Waals surface area contributed by atoms with E-state index in [0.717, 1.165) is 4.90 Å². The lowest BCUT2D eigenvalue weighted by atomic mass is 10.2. The Hall–Kier alpha value is -1.22. The first kappa shape index (κ1) is 10.9. The van der Waals surface area contributed by atoms with Crippen LogP contribution in [0.2, 0.25) is 0 Å². The molecule has 0 saturated heterocycles. The van der Waals surface area contributed by atoms with Crippen LogP contribution < -0.4 is 0 Å². The summed E-state index contributed by atoms with van der Waals surface area (Å²) in [6.07, 6.45) is 0. The minimum absolute atomic E-state index is 0.233. The maximum absolute atomic E-state index is 10.5. The molecule has 1 aromatic rings. The Bertz CT molecular complexity index is 358. The Labute approximate surface area is 87.6 Å². The van der Waals surface area contributed by atoms with Gasteiger partial charge in [0.05, 0.1) is 0 Å². The van der Waals surface area contributed by atoms with Crippen LogP contribution in [0.3, 0.4) is 0 Å². The summed E-state index contributed by atoms with van der Waals surface area (Å²) in [5.41, 5.74) is 1.41. The fraction of sp³-hybridized carbons (Fsp3) is 0.182. The van der Waals surface area contributed by atoms with Crippen LogP contribution in [0, 0.1) is 6.92 Å². The molecule has 0 saturated carbocycles. The van der Waals surface area contributed by atoms with E-state index in [1.165, 1.54) is 17.3 Å². The zero-order chi connectivity index (χ0) is 10.6. The number of aliphatic carboxylic acids is 1. The number of aryl methyl sites for hydroxylation is 1. The summed E-state index contributed by atoms with van der Waals surface area (Å²) in [5, 5.41) is 8.60. The van der Waals surface area contributed by atoms with E-state index < -0.39 is 5.97 Å². The number of carboxylic acid groups (broad SMARTS) is 1. The topological polar surface area (TPSA) is 37.3 Å². The van der Waals surface area contributed by atoms with Crippen molar-refractivity contribution in [3.63, 3.8) is 0 Å². The molecule has 0 aliphatic rings. The highest BCUT2D eigenvalue weighted by Crippen LogP contribution is 2.20. The van der Waals surface area contributed by atoms with Gasteiger partial charge in [0.15, 0.2) is 0 Å². The first-order valence-electron chi connectivity index (χ1n) is 4.20. The standard InChI is InChI=1S/C11H12O2S/c1-8-4-3-5-10(6-8)14-7-9(2)11(12)13/h3-6H,2,7H2,1H3,(H,12,13). The summed E-state index contributed by atoms with van der Waals surface area (Å²) in [7, 11) is 0. The van der Waals surface area contributed by atoms with E-state index >= 15 is 0 Å². The Morgan fingerprint density at radius 2 is 2.29 bits per heavy atom. The predicted molar refractivity (Wildman–Crippen MR) is 58.7 cm³/mol. The van der Waals surface area contributed by atoms with Gasteiger partial charge in [-0.1, -0.05) is 24.3 Å². The first-order chi connectivity index (χ1) is 6.59. The zero-order valence-electron chi connectivity index (χ0n) is 7.99. The molecule has 2 nitrogen and oxygen atoms in total. The molecular weight excluding hydrogens is 196 g/mol. The molecule has 1 N–H and O–H groups in total. The molecule has 0 bridgehead atoms. The molecule has 0 unspecified atom stereocenters. The second kappa shape index (κ2) is 4.86. The molecule has 0 amide bonds. The van der Waals surface area contributed by atoms with Gasteiger partial charge in [0.2, 0.25) is 0 Å². The third kappa shape index (κ3) is 3.26. The number of benzene rings is 1. The van der Waals surface area contributed by atoms with Gasteiger partial charge in [0.1, 0.15) is 0 Å². The van der Waals surface area contributed by atoms with Gasteiger partial charge < -0.3 is 5.11 Å². The van der Waals surface area contributed by atoms with E-state index in [-0.39, 0.29) is 5.57 Å². The number of carboxylic acids is 1. The minimum Gasteiger partial charge on any atom is -0.478 e. The molecule has 0 atom stereocenters. The first-order valence-corrected chi connectivity index (χ1v) is 5.18. The number of hydrogen-bond acceptors (Lipinski definition) is 2. The molecular formula is C11H12O2S. The molecule has 0 aromatic heterocycles. The third-order valence-corrected chi connectivity index (χ3v) is 2.79. The van der Waals surface area contributed by atoms with E-state index in [4.69, 9.17) is 5.11 Å². The van der Waals surface area contributed by atoms with Gasteiger partial charge in [-0.15, -0.1) is 11.8 Å². The molecule has 1 rings (SSSR count). The maximum atomic E-state index is 10.5. The summed E-state index contributed by atoms with van der Waals surface area (Å²) < 4.78 is 0. The summed E-state index contributed by atoms with van der Waals surface area (Å²) in [6.45, 7) is 5.48. The van der Waals surface area contributed by atoms with Crippen LogP contribution in [-0.4, -0.2) is 16.8 Å². The van der Waals surface area contributed by atoms with Crippen molar-refractivity contribution in [2.24, 2.45) is 0 Å². The third-order valence-electron chi connectivity index (χ3n) is 1.71. The van der Waals surface area contributed by atoms with Gasteiger partial charge in [-0.2, -0.15) is 0 Å².